The molecule has 0 fully saturated rings. The lowest BCUT2D eigenvalue weighted by Gasteiger charge is -2.15. The van der Waals surface area contributed by atoms with Crippen LogP contribution in [-0.4, -0.2) is 5.78 Å². The first-order valence-electron chi connectivity index (χ1n) is 4.22. The van der Waals surface area contributed by atoms with E-state index in [1.807, 2.05) is 0 Å². The molecular formula is C10H10F3NO. The number of benzene rings is 1. The van der Waals surface area contributed by atoms with Crippen LogP contribution < -0.4 is 5.73 Å². The molecule has 0 atom stereocenters. The zero-order chi connectivity index (χ0) is 11.8. The summed E-state index contributed by atoms with van der Waals surface area (Å²) in [4.78, 5) is 11.1. The van der Waals surface area contributed by atoms with Crippen LogP contribution in [0, 0.1) is 6.92 Å². The maximum Gasteiger partial charge on any atom is 0.417 e. The Morgan fingerprint density at radius 3 is 2.20 bits per heavy atom. The fraction of sp³-hybridized carbons (Fsp3) is 0.300. The maximum atomic E-state index is 12.6. The molecule has 0 aliphatic heterocycles. The van der Waals surface area contributed by atoms with Crippen molar-refractivity contribution in [3.63, 3.8) is 0 Å². The van der Waals surface area contributed by atoms with Gasteiger partial charge in [0.2, 0.25) is 0 Å². The van der Waals surface area contributed by atoms with E-state index in [0.29, 0.717) is 0 Å². The highest BCUT2D eigenvalue weighted by molar-refractivity contribution is 6.01. The van der Waals surface area contributed by atoms with Crippen molar-refractivity contribution in [3.05, 3.63) is 28.8 Å². The molecule has 1 rings (SSSR count). The number of anilines is 1. The molecule has 0 saturated carbocycles. The first kappa shape index (κ1) is 11.6. The molecule has 0 unspecified atom stereocenters. The summed E-state index contributed by atoms with van der Waals surface area (Å²) < 4.78 is 37.9. The van der Waals surface area contributed by atoms with E-state index in [4.69, 9.17) is 5.73 Å². The molecule has 15 heavy (non-hydrogen) atoms. The summed E-state index contributed by atoms with van der Waals surface area (Å²) in [6, 6.07) is 2.56. The van der Waals surface area contributed by atoms with Gasteiger partial charge < -0.3 is 5.73 Å². The zero-order valence-electron chi connectivity index (χ0n) is 8.27. The molecule has 0 bridgehead atoms. The number of hydrogen-bond donors (Lipinski definition) is 1. The first-order chi connectivity index (χ1) is 6.75. The third kappa shape index (κ3) is 2.11. The van der Waals surface area contributed by atoms with Gasteiger partial charge in [-0.15, -0.1) is 0 Å². The van der Waals surface area contributed by atoms with Crippen LogP contribution >= 0.6 is 0 Å². The molecule has 0 aromatic heterocycles. The van der Waals surface area contributed by atoms with E-state index in [1.54, 1.807) is 0 Å². The minimum absolute atomic E-state index is 0.00176. The Kier molecular flexibility index (Phi) is 2.75. The molecule has 2 N–H and O–H groups in total. The lowest BCUT2D eigenvalue weighted by atomic mass is 9.97. The van der Waals surface area contributed by atoms with Gasteiger partial charge in [0.15, 0.2) is 5.78 Å². The zero-order valence-corrected chi connectivity index (χ0v) is 8.27. The number of carbonyl (C=O) groups excluding carboxylic acids is 1. The molecule has 2 nitrogen and oxygen atoms in total. The number of Topliss-reactive ketones (excluding diaryl/α,β-unsaturated/α-hetero) is 1. The summed E-state index contributed by atoms with van der Waals surface area (Å²) in [6.45, 7) is 2.37. The van der Waals surface area contributed by atoms with Gasteiger partial charge in [0.25, 0.3) is 0 Å². The fourth-order valence-corrected chi connectivity index (χ4v) is 1.47. The highest BCUT2D eigenvalue weighted by Gasteiger charge is 2.37. The number of rotatable bonds is 1. The van der Waals surface area contributed by atoms with Crippen LogP contribution in [0.5, 0.6) is 0 Å². The lowest BCUT2D eigenvalue weighted by molar-refractivity contribution is -0.138. The van der Waals surface area contributed by atoms with Gasteiger partial charge in [0.1, 0.15) is 0 Å². The number of alkyl halides is 3. The second kappa shape index (κ2) is 3.56. The maximum absolute atomic E-state index is 12.6. The van der Waals surface area contributed by atoms with E-state index >= 15 is 0 Å². The average Bonchev–Trinajstić information content (AvgIpc) is 2.05. The summed E-state index contributed by atoms with van der Waals surface area (Å²) in [5.74, 6) is -0.677. The average molecular weight is 217 g/mol. The molecule has 82 valence electrons. The van der Waals surface area contributed by atoms with Crippen molar-refractivity contribution in [2.45, 2.75) is 20.0 Å². The second-order valence-corrected chi connectivity index (χ2v) is 3.28. The van der Waals surface area contributed by atoms with Gasteiger partial charge in [-0.05, 0) is 25.5 Å². The van der Waals surface area contributed by atoms with Crippen LogP contribution in [0.1, 0.15) is 28.4 Å². The Hall–Kier alpha value is -1.52. The number of ketones is 1. The van der Waals surface area contributed by atoms with E-state index in [-0.39, 0.29) is 11.3 Å². The normalized spacial score (nSPS) is 11.5. The molecule has 0 heterocycles. The molecular weight excluding hydrogens is 207 g/mol. The van der Waals surface area contributed by atoms with Gasteiger partial charge in [0.05, 0.1) is 11.1 Å². The predicted molar refractivity (Wildman–Crippen MR) is 50.6 cm³/mol. The summed E-state index contributed by atoms with van der Waals surface area (Å²) in [5, 5.41) is 0. The minimum atomic E-state index is -4.56. The highest BCUT2D eigenvalue weighted by atomic mass is 19.4. The Morgan fingerprint density at radius 2 is 1.87 bits per heavy atom. The van der Waals surface area contributed by atoms with Crippen molar-refractivity contribution in [2.75, 3.05) is 5.73 Å². The van der Waals surface area contributed by atoms with Gasteiger partial charge in [-0.2, -0.15) is 13.2 Å². The number of aryl methyl sites for hydroxylation is 1. The van der Waals surface area contributed by atoms with Crippen molar-refractivity contribution in [3.8, 4) is 0 Å². The van der Waals surface area contributed by atoms with E-state index in [2.05, 4.69) is 0 Å². The third-order valence-corrected chi connectivity index (χ3v) is 2.08. The monoisotopic (exact) mass is 217 g/mol. The number of hydrogen-bond acceptors (Lipinski definition) is 2. The topological polar surface area (TPSA) is 43.1 Å². The van der Waals surface area contributed by atoms with E-state index in [1.165, 1.54) is 19.1 Å². The lowest BCUT2D eigenvalue weighted by Crippen LogP contribution is -2.15. The number of carbonyl (C=O) groups is 1. The highest BCUT2D eigenvalue weighted by Crippen LogP contribution is 2.36. The molecule has 0 amide bonds. The van der Waals surface area contributed by atoms with Crippen molar-refractivity contribution in [2.24, 2.45) is 0 Å². The van der Waals surface area contributed by atoms with Gasteiger partial charge in [0, 0.05) is 5.69 Å². The van der Waals surface area contributed by atoms with Crippen LogP contribution in [0.3, 0.4) is 0 Å². The molecule has 0 aliphatic rings. The molecule has 1 aromatic rings. The SMILES string of the molecule is CC(=O)c1c(N)ccc(C)c1C(F)(F)F. The van der Waals surface area contributed by atoms with Gasteiger partial charge in [-0.1, -0.05) is 6.07 Å². The van der Waals surface area contributed by atoms with Crippen LogP contribution in [-0.2, 0) is 6.18 Å². The van der Waals surface area contributed by atoms with Crippen molar-refractivity contribution in [1.82, 2.24) is 0 Å². The molecule has 5 heteroatoms. The number of nitrogens with two attached hydrogens (primary N) is 1. The standard InChI is InChI=1S/C10H10F3NO/c1-5-3-4-7(14)8(6(2)15)9(5)10(11,12)13/h3-4H,14H2,1-2H3. The van der Waals surface area contributed by atoms with Crippen molar-refractivity contribution >= 4 is 11.5 Å². The Labute approximate surface area is 84.9 Å². The van der Waals surface area contributed by atoms with Crippen molar-refractivity contribution < 1.29 is 18.0 Å². The molecule has 0 aliphatic carbocycles. The smallest absolute Gasteiger partial charge is 0.398 e. The molecule has 0 radical (unpaired) electrons. The molecule has 0 spiro atoms. The summed E-state index contributed by atoms with van der Waals surface area (Å²) in [7, 11) is 0. The van der Waals surface area contributed by atoms with Crippen molar-refractivity contribution in [1.29, 1.82) is 0 Å². The predicted octanol–water partition coefficient (Wildman–Crippen LogP) is 2.80. The Morgan fingerprint density at radius 1 is 1.33 bits per heavy atom. The fourth-order valence-electron chi connectivity index (χ4n) is 1.47. The summed E-state index contributed by atoms with van der Waals surface area (Å²) in [6.07, 6.45) is -4.56. The Balaban J connectivity index is 3.60. The third-order valence-electron chi connectivity index (χ3n) is 2.08. The van der Waals surface area contributed by atoms with Crippen LogP contribution in [0.4, 0.5) is 18.9 Å². The van der Waals surface area contributed by atoms with Crippen LogP contribution in [0.15, 0.2) is 12.1 Å². The minimum Gasteiger partial charge on any atom is -0.398 e. The van der Waals surface area contributed by atoms with Crippen LogP contribution in [0.25, 0.3) is 0 Å². The largest absolute Gasteiger partial charge is 0.417 e. The summed E-state index contributed by atoms with van der Waals surface area (Å²) in [5.41, 5.74) is 3.85. The van der Waals surface area contributed by atoms with Gasteiger partial charge >= 0.3 is 6.18 Å². The van der Waals surface area contributed by atoms with E-state index < -0.39 is 23.1 Å². The molecule has 0 saturated heterocycles. The molecule has 1 aromatic carbocycles. The second-order valence-electron chi connectivity index (χ2n) is 3.28. The van der Waals surface area contributed by atoms with E-state index in [0.717, 1.165) is 6.92 Å². The first-order valence-corrected chi connectivity index (χ1v) is 4.22. The van der Waals surface area contributed by atoms with Gasteiger partial charge in [-0.25, -0.2) is 0 Å². The quantitative estimate of drug-likeness (QED) is 0.580. The van der Waals surface area contributed by atoms with Gasteiger partial charge in [-0.3, -0.25) is 4.79 Å². The number of nitrogen functional groups attached to an aromatic ring is 1. The summed E-state index contributed by atoms with van der Waals surface area (Å²) >= 11 is 0. The van der Waals surface area contributed by atoms with Crippen LogP contribution in [0.2, 0.25) is 0 Å². The number of halogens is 3. The van der Waals surface area contributed by atoms with E-state index in [9.17, 15) is 18.0 Å². The Bertz CT molecular complexity index is 410.